The zero-order valence-corrected chi connectivity index (χ0v) is 17.4. The minimum absolute atomic E-state index is 0.134. The maximum Gasteiger partial charge on any atom is 0.305 e. The van der Waals surface area contributed by atoms with E-state index in [-0.39, 0.29) is 24.2 Å². The standard InChI is InChI=1S/C18H23ClN4O4S/c1-3-26-17(25)9-6-10-20-16(24)12-28-18-22-21-15(23(18)2)11-27-14-8-5-4-7-13(14)19/h4-5,7-8H,3,6,9-12H2,1-2H3,(H,20,24). The summed E-state index contributed by atoms with van der Waals surface area (Å²) >= 11 is 7.34. The molecule has 1 N–H and O–H groups in total. The van der Waals surface area contributed by atoms with Crippen molar-refractivity contribution >= 4 is 35.2 Å². The molecule has 2 aromatic rings. The van der Waals surface area contributed by atoms with Crippen molar-refractivity contribution in [1.29, 1.82) is 0 Å². The second-order valence-corrected chi connectivity index (χ2v) is 7.07. The third kappa shape index (κ3) is 7.05. The first-order valence-electron chi connectivity index (χ1n) is 8.82. The fourth-order valence-corrected chi connectivity index (χ4v) is 3.13. The van der Waals surface area contributed by atoms with Gasteiger partial charge in [0, 0.05) is 20.0 Å². The van der Waals surface area contributed by atoms with E-state index in [0.29, 0.717) is 47.7 Å². The Morgan fingerprint density at radius 2 is 2.07 bits per heavy atom. The molecule has 10 heteroatoms. The summed E-state index contributed by atoms with van der Waals surface area (Å²) in [5, 5.41) is 12.1. The smallest absolute Gasteiger partial charge is 0.305 e. The summed E-state index contributed by atoms with van der Waals surface area (Å²) in [4.78, 5) is 23.1. The Hall–Kier alpha value is -2.26. The van der Waals surface area contributed by atoms with Gasteiger partial charge >= 0.3 is 5.97 Å². The highest BCUT2D eigenvalue weighted by Gasteiger charge is 2.12. The highest BCUT2D eigenvalue weighted by atomic mass is 35.5. The lowest BCUT2D eigenvalue weighted by Crippen LogP contribution is -2.26. The molecule has 0 aliphatic heterocycles. The van der Waals surface area contributed by atoms with Crippen LogP contribution >= 0.6 is 23.4 Å². The number of hydrogen-bond donors (Lipinski definition) is 1. The summed E-state index contributed by atoms with van der Waals surface area (Å²) in [6.07, 6.45) is 0.835. The van der Waals surface area contributed by atoms with Crippen LogP contribution in [0.25, 0.3) is 0 Å². The van der Waals surface area contributed by atoms with Crippen LogP contribution in [0, 0.1) is 0 Å². The summed E-state index contributed by atoms with van der Waals surface area (Å²) in [5.74, 6) is 1.01. The average molecular weight is 427 g/mol. The Balaban J connectivity index is 1.72. The molecule has 1 heterocycles. The molecule has 0 bridgehead atoms. The highest BCUT2D eigenvalue weighted by Crippen LogP contribution is 2.24. The lowest BCUT2D eigenvalue weighted by atomic mass is 10.3. The zero-order chi connectivity index (χ0) is 20.4. The van der Waals surface area contributed by atoms with Gasteiger partial charge in [0.25, 0.3) is 0 Å². The molecular formula is C18H23ClN4O4S. The SMILES string of the molecule is CCOC(=O)CCCNC(=O)CSc1nnc(COc2ccccc2Cl)n1C. The van der Waals surface area contributed by atoms with E-state index < -0.39 is 0 Å². The number of hydrogen-bond acceptors (Lipinski definition) is 7. The molecule has 0 atom stereocenters. The molecular weight excluding hydrogens is 404 g/mol. The Kier molecular flexibility index (Phi) is 9.09. The predicted molar refractivity (Wildman–Crippen MR) is 106 cm³/mol. The molecule has 1 aromatic carbocycles. The fourth-order valence-electron chi connectivity index (χ4n) is 2.18. The molecule has 0 fully saturated rings. The molecule has 0 radical (unpaired) electrons. The number of aromatic nitrogens is 3. The molecule has 0 saturated heterocycles. The Morgan fingerprint density at radius 3 is 2.82 bits per heavy atom. The van der Waals surface area contributed by atoms with E-state index in [1.165, 1.54) is 11.8 Å². The highest BCUT2D eigenvalue weighted by molar-refractivity contribution is 7.99. The summed E-state index contributed by atoms with van der Waals surface area (Å²) in [6, 6.07) is 7.19. The van der Waals surface area contributed by atoms with Crippen molar-refractivity contribution in [2.75, 3.05) is 18.9 Å². The first-order chi connectivity index (χ1) is 13.5. The number of carbonyl (C=O) groups is 2. The average Bonchev–Trinajstić information content (AvgIpc) is 3.03. The van der Waals surface area contributed by atoms with Crippen LogP contribution in [-0.4, -0.2) is 45.5 Å². The Morgan fingerprint density at radius 1 is 1.29 bits per heavy atom. The van der Waals surface area contributed by atoms with Crippen LogP contribution in [0.4, 0.5) is 0 Å². The molecule has 2 rings (SSSR count). The molecule has 152 valence electrons. The summed E-state index contributed by atoms with van der Waals surface area (Å²) in [5.41, 5.74) is 0. The number of halogens is 1. The van der Waals surface area contributed by atoms with Gasteiger partial charge in [-0.25, -0.2) is 0 Å². The van der Waals surface area contributed by atoms with Gasteiger partial charge in [-0.3, -0.25) is 9.59 Å². The minimum Gasteiger partial charge on any atom is -0.484 e. The summed E-state index contributed by atoms with van der Waals surface area (Å²) in [7, 11) is 1.81. The first-order valence-corrected chi connectivity index (χ1v) is 10.2. The maximum absolute atomic E-state index is 11.9. The Bertz CT molecular complexity index is 800. The lowest BCUT2D eigenvalue weighted by Gasteiger charge is -2.08. The minimum atomic E-state index is -0.253. The second kappa shape index (κ2) is 11.6. The van der Waals surface area contributed by atoms with Gasteiger partial charge in [0.15, 0.2) is 11.0 Å². The molecule has 1 aromatic heterocycles. The van der Waals surface area contributed by atoms with Crippen molar-refractivity contribution < 1.29 is 19.1 Å². The van der Waals surface area contributed by atoms with Gasteiger partial charge in [-0.05, 0) is 25.5 Å². The Labute approximate surface area is 172 Å². The van der Waals surface area contributed by atoms with Gasteiger partial charge in [-0.1, -0.05) is 35.5 Å². The number of para-hydroxylation sites is 1. The third-order valence-corrected chi connectivity index (χ3v) is 4.97. The number of rotatable bonds is 11. The molecule has 0 unspecified atom stereocenters. The van der Waals surface area contributed by atoms with Crippen LogP contribution < -0.4 is 10.1 Å². The fraction of sp³-hybridized carbons (Fsp3) is 0.444. The van der Waals surface area contributed by atoms with Gasteiger partial charge in [0.1, 0.15) is 12.4 Å². The van der Waals surface area contributed by atoms with Crippen LogP contribution in [-0.2, 0) is 28.0 Å². The molecule has 1 amide bonds. The van der Waals surface area contributed by atoms with E-state index in [0.717, 1.165) is 0 Å². The van der Waals surface area contributed by atoms with Crippen molar-refractivity contribution in [3.8, 4) is 5.75 Å². The van der Waals surface area contributed by atoms with E-state index >= 15 is 0 Å². The third-order valence-electron chi connectivity index (χ3n) is 3.64. The number of amides is 1. The van der Waals surface area contributed by atoms with Gasteiger partial charge in [-0.15, -0.1) is 10.2 Å². The van der Waals surface area contributed by atoms with Crippen molar-refractivity contribution in [3.63, 3.8) is 0 Å². The molecule has 8 nitrogen and oxygen atoms in total. The molecule has 0 saturated carbocycles. The quantitative estimate of drug-likeness (QED) is 0.335. The maximum atomic E-state index is 11.9. The van der Waals surface area contributed by atoms with Gasteiger partial charge in [0.05, 0.1) is 17.4 Å². The predicted octanol–water partition coefficient (Wildman–Crippen LogP) is 2.60. The number of benzene rings is 1. The zero-order valence-electron chi connectivity index (χ0n) is 15.8. The van der Waals surface area contributed by atoms with Crippen molar-refractivity contribution in [2.24, 2.45) is 7.05 Å². The topological polar surface area (TPSA) is 95.3 Å². The van der Waals surface area contributed by atoms with Crippen LogP contribution in [0.15, 0.2) is 29.4 Å². The van der Waals surface area contributed by atoms with Crippen LogP contribution in [0.3, 0.4) is 0 Å². The van der Waals surface area contributed by atoms with Gasteiger partial charge in [-0.2, -0.15) is 0 Å². The van der Waals surface area contributed by atoms with E-state index in [1.807, 2.05) is 19.2 Å². The van der Waals surface area contributed by atoms with Crippen molar-refractivity contribution in [1.82, 2.24) is 20.1 Å². The lowest BCUT2D eigenvalue weighted by molar-refractivity contribution is -0.143. The number of carbonyl (C=O) groups excluding carboxylic acids is 2. The van der Waals surface area contributed by atoms with E-state index in [4.69, 9.17) is 21.1 Å². The number of esters is 1. The van der Waals surface area contributed by atoms with Crippen LogP contribution in [0.1, 0.15) is 25.6 Å². The molecule has 0 spiro atoms. The van der Waals surface area contributed by atoms with E-state index in [9.17, 15) is 9.59 Å². The summed E-state index contributed by atoms with van der Waals surface area (Å²) < 4.78 is 12.3. The second-order valence-electron chi connectivity index (χ2n) is 5.72. The van der Waals surface area contributed by atoms with E-state index in [1.54, 1.807) is 23.6 Å². The van der Waals surface area contributed by atoms with Crippen molar-refractivity contribution in [2.45, 2.75) is 31.5 Å². The van der Waals surface area contributed by atoms with Crippen molar-refractivity contribution in [3.05, 3.63) is 35.1 Å². The largest absolute Gasteiger partial charge is 0.484 e. The van der Waals surface area contributed by atoms with Gasteiger partial charge < -0.3 is 19.4 Å². The summed E-state index contributed by atoms with van der Waals surface area (Å²) in [6.45, 7) is 2.77. The molecule has 28 heavy (non-hydrogen) atoms. The number of ether oxygens (including phenoxy) is 2. The number of thioether (sulfide) groups is 1. The van der Waals surface area contributed by atoms with Crippen LogP contribution in [0.2, 0.25) is 5.02 Å². The monoisotopic (exact) mass is 426 g/mol. The van der Waals surface area contributed by atoms with Gasteiger partial charge in [0.2, 0.25) is 5.91 Å². The number of nitrogens with one attached hydrogen (secondary N) is 1. The molecule has 0 aliphatic rings. The van der Waals surface area contributed by atoms with Crippen LogP contribution in [0.5, 0.6) is 5.75 Å². The first kappa shape index (κ1) is 22.0. The number of nitrogens with zero attached hydrogens (tertiary/aromatic N) is 3. The normalized spacial score (nSPS) is 10.5. The molecule has 0 aliphatic carbocycles. The van der Waals surface area contributed by atoms with E-state index in [2.05, 4.69) is 15.5 Å².